The normalized spacial score (nSPS) is 22.5. The quantitative estimate of drug-likeness (QED) is 0.256. The molecule has 4 bridgehead atoms. The lowest BCUT2D eigenvalue weighted by atomic mass is 10.0. The second-order valence-corrected chi connectivity index (χ2v) is 12.5. The lowest BCUT2D eigenvalue weighted by Gasteiger charge is -2.30. The number of hydrogen-bond acceptors (Lipinski definition) is 10. The lowest BCUT2D eigenvalue weighted by molar-refractivity contribution is -0.145. The Kier molecular flexibility index (Phi) is 12.1. The average molecular weight is 689 g/mol. The largest absolute Gasteiger partial charge is 0.492 e. The van der Waals surface area contributed by atoms with Gasteiger partial charge < -0.3 is 35.6 Å². The molecule has 266 valence electrons. The maximum Gasteiger partial charge on any atom is 0.328 e. The predicted octanol–water partition coefficient (Wildman–Crippen LogP) is -0.0753. The van der Waals surface area contributed by atoms with E-state index in [4.69, 9.17) is 9.47 Å². The number of ether oxygens (including phenoxy) is 2. The lowest BCUT2D eigenvalue weighted by Crippen LogP contribution is -2.59. The summed E-state index contributed by atoms with van der Waals surface area (Å²) < 4.78 is 12.5. The third kappa shape index (κ3) is 9.22. The fourth-order valence-corrected chi connectivity index (χ4v) is 6.03. The highest BCUT2D eigenvalue weighted by Gasteiger charge is 2.40. The van der Waals surface area contributed by atoms with E-state index < -0.39 is 53.9 Å². The summed E-state index contributed by atoms with van der Waals surface area (Å²) in [5.41, 5.74) is 2.02. The molecule has 15 nitrogen and oxygen atoms in total. The van der Waals surface area contributed by atoms with Crippen LogP contribution in [0.2, 0.25) is 0 Å². The van der Waals surface area contributed by atoms with Gasteiger partial charge in [-0.15, -0.1) is 5.10 Å². The Morgan fingerprint density at radius 1 is 1.02 bits per heavy atom. The van der Waals surface area contributed by atoms with Gasteiger partial charge in [0.2, 0.25) is 23.6 Å². The highest BCUT2D eigenvalue weighted by Crippen LogP contribution is 2.21. The second kappa shape index (κ2) is 16.9. The van der Waals surface area contributed by atoms with Crippen molar-refractivity contribution in [2.24, 2.45) is 0 Å². The zero-order chi connectivity index (χ0) is 35.6. The minimum Gasteiger partial charge on any atom is -0.492 e. The molecule has 0 spiro atoms. The zero-order valence-corrected chi connectivity index (χ0v) is 28.5. The van der Waals surface area contributed by atoms with Gasteiger partial charge in [-0.3, -0.25) is 19.2 Å². The summed E-state index contributed by atoms with van der Waals surface area (Å²) in [5, 5.41) is 19.8. The molecule has 15 heteroatoms. The van der Waals surface area contributed by atoms with Crippen molar-refractivity contribution in [2.75, 3.05) is 27.3 Å². The molecule has 3 aliphatic heterocycles. The van der Waals surface area contributed by atoms with Gasteiger partial charge in [-0.05, 0) is 50.1 Å². The molecule has 4 amide bonds. The second-order valence-electron chi connectivity index (χ2n) is 12.5. The Bertz CT molecular complexity index is 1650. The summed E-state index contributed by atoms with van der Waals surface area (Å²) in [6, 6.07) is 11.7. The molecule has 4 heterocycles. The monoisotopic (exact) mass is 688 g/mol. The van der Waals surface area contributed by atoms with Gasteiger partial charge in [0.15, 0.2) is 0 Å². The smallest absolute Gasteiger partial charge is 0.328 e. The Morgan fingerprint density at radius 3 is 2.50 bits per heavy atom. The van der Waals surface area contributed by atoms with Crippen molar-refractivity contribution in [1.29, 1.82) is 0 Å². The minimum absolute atomic E-state index is 0.0438. The molecular weight excluding hydrogens is 644 g/mol. The Balaban J connectivity index is 1.47. The number of nitrogens with zero attached hydrogens (tertiary/aromatic N) is 4. The van der Waals surface area contributed by atoms with E-state index in [1.165, 1.54) is 12.0 Å². The van der Waals surface area contributed by atoms with Crippen LogP contribution in [0.25, 0.3) is 0 Å². The first-order valence-corrected chi connectivity index (χ1v) is 16.8. The van der Waals surface area contributed by atoms with E-state index in [-0.39, 0.29) is 38.3 Å². The van der Waals surface area contributed by atoms with Crippen LogP contribution in [0.1, 0.15) is 36.6 Å². The molecule has 6 rings (SSSR count). The molecule has 0 saturated carbocycles. The number of likely N-dealkylation sites (N-methyl/N-ethyl adjacent to an activating group) is 1. The molecule has 0 unspecified atom stereocenters. The number of esters is 1. The van der Waals surface area contributed by atoms with Crippen LogP contribution in [0, 0.1) is 0 Å². The third-order valence-electron chi connectivity index (χ3n) is 8.95. The molecule has 5 atom stereocenters. The van der Waals surface area contributed by atoms with E-state index in [2.05, 4.69) is 31.6 Å². The van der Waals surface area contributed by atoms with E-state index in [0.29, 0.717) is 30.8 Å². The van der Waals surface area contributed by atoms with Crippen molar-refractivity contribution in [3.8, 4) is 5.75 Å². The summed E-state index contributed by atoms with van der Waals surface area (Å²) in [6.45, 7) is 2.60. The molecular formula is C35H44N8O7. The van der Waals surface area contributed by atoms with Crippen molar-refractivity contribution in [3.63, 3.8) is 0 Å². The van der Waals surface area contributed by atoms with Crippen LogP contribution in [-0.2, 0) is 54.5 Å². The maximum atomic E-state index is 14.1. The maximum absolute atomic E-state index is 14.1. The molecule has 4 N–H and O–H groups in total. The van der Waals surface area contributed by atoms with Crippen LogP contribution < -0.4 is 26.0 Å². The first-order valence-electron chi connectivity index (χ1n) is 16.8. The standard InChI is InChI=1S/C35H44N8O7/c1-22(36-2)31(44)38-28-20-25-21-42(41-40-25)16-17-50-26-13-11-24(12-14-26)19-29(35(48)49-3)39-32(45)27(18-23-8-5-4-6-9-23)37-33(46)30-10-7-15-43(30)34(28)47/h4-6,8-9,11-14,21-22,27-30,36H,7,10,15-20H2,1-3H3,(H,37,46)(H,38,44)(H,39,45)/t22-,27-,28-,29-,30-/m0/s1. The van der Waals surface area contributed by atoms with Gasteiger partial charge in [0.1, 0.15) is 36.5 Å². The van der Waals surface area contributed by atoms with E-state index >= 15 is 0 Å². The summed E-state index contributed by atoms with van der Waals surface area (Å²) in [7, 11) is 2.89. The Morgan fingerprint density at radius 2 is 1.78 bits per heavy atom. The number of carbonyl (C=O) groups excluding carboxylic acids is 5. The fourth-order valence-electron chi connectivity index (χ4n) is 6.03. The third-order valence-corrected chi connectivity index (χ3v) is 8.95. The van der Waals surface area contributed by atoms with Gasteiger partial charge in [0, 0.05) is 32.0 Å². The van der Waals surface area contributed by atoms with Crippen LogP contribution in [0.3, 0.4) is 0 Å². The highest BCUT2D eigenvalue weighted by molar-refractivity contribution is 5.96. The molecule has 2 aromatic carbocycles. The van der Waals surface area contributed by atoms with E-state index in [0.717, 1.165) is 11.1 Å². The van der Waals surface area contributed by atoms with Crippen molar-refractivity contribution in [3.05, 3.63) is 77.6 Å². The number of amides is 4. The Hall–Kier alpha value is -5.31. The zero-order valence-electron chi connectivity index (χ0n) is 28.5. The topological polar surface area (TPSA) is 186 Å². The van der Waals surface area contributed by atoms with Gasteiger partial charge in [-0.25, -0.2) is 9.48 Å². The van der Waals surface area contributed by atoms with Crippen LogP contribution in [0.15, 0.2) is 60.8 Å². The first-order chi connectivity index (χ1) is 24.1. The highest BCUT2D eigenvalue weighted by atomic mass is 16.5. The average Bonchev–Trinajstić information content (AvgIpc) is 3.80. The van der Waals surface area contributed by atoms with Crippen molar-refractivity contribution >= 4 is 29.6 Å². The van der Waals surface area contributed by atoms with Gasteiger partial charge in [0.05, 0.1) is 25.4 Å². The summed E-state index contributed by atoms with van der Waals surface area (Å²) in [6.07, 6.45) is 2.92. The summed E-state index contributed by atoms with van der Waals surface area (Å²) in [4.78, 5) is 69.3. The number of nitrogens with one attached hydrogen (secondary N) is 4. The first kappa shape index (κ1) is 36.0. The van der Waals surface area contributed by atoms with E-state index in [9.17, 15) is 24.0 Å². The van der Waals surface area contributed by atoms with Crippen LogP contribution in [-0.4, -0.2) is 107 Å². The van der Waals surface area contributed by atoms with Crippen molar-refractivity contribution in [2.45, 2.75) is 75.8 Å². The number of fused-ring (bicyclic) bond motifs is 12. The molecule has 1 saturated heterocycles. The molecule has 3 aromatic rings. The number of rotatable bonds is 6. The molecule has 0 aliphatic carbocycles. The van der Waals surface area contributed by atoms with Gasteiger partial charge in [0.25, 0.3) is 0 Å². The predicted molar refractivity (Wildman–Crippen MR) is 181 cm³/mol. The molecule has 1 fully saturated rings. The number of carbonyl (C=O) groups is 5. The van der Waals surface area contributed by atoms with Crippen LogP contribution in [0.4, 0.5) is 0 Å². The summed E-state index contributed by atoms with van der Waals surface area (Å²) >= 11 is 0. The SMILES string of the molecule is CN[C@@H](C)C(=O)N[C@H]1Cc2cn(nn2)CCOc2ccc(cc2)C[C@@H](C(=O)OC)NC(=O)[C@H](Cc2ccccc2)NC(=O)[C@@H]2CCCN2C1=O. The molecule has 1 aromatic heterocycles. The van der Waals surface area contributed by atoms with Crippen LogP contribution >= 0.6 is 0 Å². The van der Waals surface area contributed by atoms with Gasteiger partial charge >= 0.3 is 5.97 Å². The van der Waals surface area contributed by atoms with Crippen LogP contribution in [0.5, 0.6) is 5.75 Å². The van der Waals surface area contributed by atoms with Crippen molar-refractivity contribution in [1.82, 2.24) is 41.2 Å². The molecule has 50 heavy (non-hydrogen) atoms. The van der Waals surface area contributed by atoms with E-state index in [1.54, 1.807) is 49.1 Å². The summed E-state index contributed by atoms with van der Waals surface area (Å²) in [5.74, 6) is -1.98. The van der Waals surface area contributed by atoms with E-state index in [1.807, 2.05) is 30.3 Å². The number of benzene rings is 2. The molecule has 3 aliphatic rings. The van der Waals surface area contributed by atoms with Gasteiger partial charge in [-0.1, -0.05) is 47.7 Å². The fraction of sp³-hybridized carbons (Fsp3) is 0.457. The van der Waals surface area contributed by atoms with Gasteiger partial charge in [-0.2, -0.15) is 0 Å². The molecule has 0 radical (unpaired) electrons. The van der Waals surface area contributed by atoms with Crippen molar-refractivity contribution < 1.29 is 33.4 Å². The minimum atomic E-state index is -1.08. The Labute approximate surface area is 290 Å². The number of methoxy groups -OCH3 is 1. The number of aromatic nitrogens is 3. The number of hydrogen-bond donors (Lipinski definition) is 4.